The van der Waals surface area contributed by atoms with E-state index in [0.29, 0.717) is 24.2 Å². The summed E-state index contributed by atoms with van der Waals surface area (Å²) in [7, 11) is 1.98. The molecule has 0 saturated carbocycles. The molecule has 0 spiro atoms. The highest BCUT2D eigenvalue weighted by atomic mass is 16.2. The summed E-state index contributed by atoms with van der Waals surface area (Å²) >= 11 is 0. The predicted octanol–water partition coefficient (Wildman–Crippen LogP) is 3.20. The van der Waals surface area contributed by atoms with Gasteiger partial charge in [0, 0.05) is 48.9 Å². The van der Waals surface area contributed by atoms with E-state index in [1.54, 1.807) is 24.3 Å². The first-order valence-electron chi connectivity index (χ1n) is 9.07. The molecule has 0 unspecified atom stereocenters. The quantitative estimate of drug-likeness (QED) is 0.708. The van der Waals surface area contributed by atoms with Crippen molar-refractivity contribution in [1.29, 1.82) is 5.26 Å². The van der Waals surface area contributed by atoms with Gasteiger partial charge >= 0.3 is 0 Å². The maximum atomic E-state index is 12.9. The third-order valence-corrected chi connectivity index (χ3v) is 5.12. The van der Waals surface area contributed by atoms with Crippen LogP contribution in [0, 0.1) is 11.3 Å². The Morgan fingerprint density at radius 3 is 2.44 bits per heavy atom. The summed E-state index contributed by atoms with van der Waals surface area (Å²) in [4.78, 5) is 14.8. The third-order valence-electron chi connectivity index (χ3n) is 5.12. The Hall–Kier alpha value is -3.39. The van der Waals surface area contributed by atoms with E-state index in [4.69, 9.17) is 10.4 Å². The average molecular weight is 356 g/mol. The van der Waals surface area contributed by atoms with Gasteiger partial charge in [0.25, 0.3) is 5.91 Å². The van der Waals surface area contributed by atoms with Crippen molar-refractivity contribution in [3.8, 4) is 17.3 Å². The van der Waals surface area contributed by atoms with Crippen LogP contribution in [0.3, 0.4) is 0 Å². The molecule has 134 valence electrons. The molecule has 0 radical (unpaired) electrons. The Morgan fingerprint density at radius 1 is 1.04 bits per heavy atom. The molecule has 1 amide bonds. The standard InChI is InChI=1S/C22H20N4O/c1-25-20-12-14-26(22(27)18-9-7-16(15-23)8-10-18)13-11-19(20)21(24-25)17-5-3-2-4-6-17/h2-10H,11-14H2,1H3. The number of hydrogen-bond donors (Lipinski definition) is 0. The molecule has 2 aromatic carbocycles. The molecule has 0 atom stereocenters. The van der Waals surface area contributed by atoms with Gasteiger partial charge in [-0.1, -0.05) is 30.3 Å². The van der Waals surface area contributed by atoms with Crippen LogP contribution in [0.25, 0.3) is 11.3 Å². The first-order chi connectivity index (χ1) is 13.2. The number of amides is 1. The predicted molar refractivity (Wildman–Crippen MR) is 103 cm³/mol. The van der Waals surface area contributed by atoms with Gasteiger partial charge in [0.05, 0.1) is 17.3 Å². The lowest BCUT2D eigenvalue weighted by molar-refractivity contribution is 0.0762. The summed E-state index contributed by atoms with van der Waals surface area (Å²) in [5.74, 6) is 0.0153. The molecule has 5 nitrogen and oxygen atoms in total. The van der Waals surface area contributed by atoms with Crippen molar-refractivity contribution in [2.45, 2.75) is 12.8 Å². The molecule has 3 aromatic rings. The summed E-state index contributed by atoms with van der Waals surface area (Å²) in [6.07, 6.45) is 1.57. The molecule has 1 aliphatic heterocycles. The molecule has 1 aromatic heterocycles. The van der Waals surface area contributed by atoms with Gasteiger partial charge in [-0.25, -0.2) is 0 Å². The SMILES string of the molecule is Cn1nc(-c2ccccc2)c2c1CCN(C(=O)c1ccc(C#N)cc1)CC2. The van der Waals surface area contributed by atoms with Crippen molar-refractivity contribution in [3.63, 3.8) is 0 Å². The minimum Gasteiger partial charge on any atom is -0.338 e. The lowest BCUT2D eigenvalue weighted by atomic mass is 10.0. The molecule has 0 aliphatic carbocycles. The molecule has 27 heavy (non-hydrogen) atoms. The van der Waals surface area contributed by atoms with Crippen LogP contribution in [0.1, 0.15) is 27.2 Å². The first kappa shape index (κ1) is 17.0. The highest BCUT2D eigenvalue weighted by Gasteiger charge is 2.25. The first-order valence-corrected chi connectivity index (χ1v) is 9.07. The maximum Gasteiger partial charge on any atom is 0.253 e. The van der Waals surface area contributed by atoms with E-state index in [2.05, 4.69) is 18.2 Å². The number of carbonyl (C=O) groups is 1. The Balaban J connectivity index is 1.58. The maximum absolute atomic E-state index is 12.9. The van der Waals surface area contributed by atoms with Gasteiger partial charge in [-0.15, -0.1) is 0 Å². The zero-order chi connectivity index (χ0) is 18.8. The van der Waals surface area contributed by atoms with Crippen molar-refractivity contribution in [2.75, 3.05) is 13.1 Å². The Kier molecular flexibility index (Phi) is 4.47. The van der Waals surface area contributed by atoms with Gasteiger partial charge in [0.15, 0.2) is 0 Å². The van der Waals surface area contributed by atoms with E-state index in [9.17, 15) is 4.79 Å². The summed E-state index contributed by atoms with van der Waals surface area (Å²) in [6, 6.07) is 19.1. The molecule has 0 N–H and O–H groups in total. The molecule has 5 heteroatoms. The van der Waals surface area contributed by atoms with Crippen LogP contribution in [-0.4, -0.2) is 33.7 Å². The number of carbonyl (C=O) groups excluding carboxylic acids is 1. The monoisotopic (exact) mass is 356 g/mol. The van der Waals surface area contributed by atoms with Gasteiger partial charge in [-0.05, 0) is 30.7 Å². The van der Waals surface area contributed by atoms with Gasteiger partial charge in [0.2, 0.25) is 0 Å². The number of nitriles is 1. The van der Waals surface area contributed by atoms with Crippen molar-refractivity contribution in [3.05, 3.63) is 77.0 Å². The summed E-state index contributed by atoms with van der Waals surface area (Å²) < 4.78 is 1.95. The largest absolute Gasteiger partial charge is 0.338 e. The molecule has 0 bridgehead atoms. The fourth-order valence-electron chi connectivity index (χ4n) is 3.68. The Bertz CT molecular complexity index is 1010. The Labute approximate surface area is 158 Å². The van der Waals surface area contributed by atoms with Crippen molar-refractivity contribution >= 4 is 5.91 Å². The number of aryl methyl sites for hydroxylation is 1. The molecule has 4 rings (SSSR count). The summed E-state index contributed by atoms with van der Waals surface area (Å²) in [5, 5.41) is 13.7. The van der Waals surface area contributed by atoms with Crippen LogP contribution in [0.4, 0.5) is 0 Å². The average Bonchev–Trinajstić information content (AvgIpc) is 2.89. The van der Waals surface area contributed by atoms with Gasteiger partial charge in [-0.2, -0.15) is 10.4 Å². The van der Waals surface area contributed by atoms with E-state index in [0.717, 1.165) is 24.1 Å². The minimum absolute atomic E-state index is 0.0153. The zero-order valence-electron chi connectivity index (χ0n) is 15.2. The van der Waals surface area contributed by atoms with Gasteiger partial charge in [-0.3, -0.25) is 9.48 Å². The number of hydrogen-bond acceptors (Lipinski definition) is 3. The number of fused-ring (bicyclic) bond motifs is 1. The lowest BCUT2D eigenvalue weighted by Gasteiger charge is -2.20. The van der Waals surface area contributed by atoms with E-state index >= 15 is 0 Å². The lowest BCUT2D eigenvalue weighted by Crippen LogP contribution is -2.33. The van der Waals surface area contributed by atoms with E-state index in [-0.39, 0.29) is 5.91 Å². The van der Waals surface area contributed by atoms with Crippen LogP contribution in [0.5, 0.6) is 0 Å². The highest BCUT2D eigenvalue weighted by Crippen LogP contribution is 2.28. The molecular formula is C22H20N4O. The van der Waals surface area contributed by atoms with Crippen LogP contribution in [0.2, 0.25) is 0 Å². The van der Waals surface area contributed by atoms with Crippen LogP contribution in [0.15, 0.2) is 54.6 Å². The zero-order valence-corrected chi connectivity index (χ0v) is 15.2. The smallest absolute Gasteiger partial charge is 0.253 e. The Morgan fingerprint density at radius 2 is 1.74 bits per heavy atom. The fraction of sp³-hybridized carbons (Fsp3) is 0.227. The molecule has 0 saturated heterocycles. The second-order valence-electron chi connectivity index (χ2n) is 6.74. The third kappa shape index (κ3) is 3.22. The van der Waals surface area contributed by atoms with E-state index in [1.807, 2.05) is 34.8 Å². The van der Waals surface area contributed by atoms with Gasteiger partial charge < -0.3 is 4.90 Å². The summed E-state index contributed by atoms with van der Waals surface area (Å²) in [6.45, 7) is 1.33. The van der Waals surface area contributed by atoms with Crippen molar-refractivity contribution in [1.82, 2.24) is 14.7 Å². The number of nitrogens with zero attached hydrogens (tertiary/aromatic N) is 4. The number of rotatable bonds is 2. The fourth-order valence-corrected chi connectivity index (χ4v) is 3.68. The minimum atomic E-state index is 0.0153. The van der Waals surface area contributed by atoms with Crippen LogP contribution in [-0.2, 0) is 19.9 Å². The normalized spacial score (nSPS) is 13.6. The second kappa shape index (κ2) is 7.08. The van der Waals surface area contributed by atoms with Crippen LogP contribution >= 0.6 is 0 Å². The summed E-state index contributed by atoms with van der Waals surface area (Å²) in [5.41, 5.74) is 5.75. The van der Waals surface area contributed by atoms with Gasteiger partial charge in [0.1, 0.15) is 0 Å². The second-order valence-corrected chi connectivity index (χ2v) is 6.74. The molecular weight excluding hydrogens is 336 g/mol. The molecule has 2 heterocycles. The van der Waals surface area contributed by atoms with E-state index in [1.165, 1.54) is 11.3 Å². The number of benzene rings is 2. The van der Waals surface area contributed by atoms with Crippen molar-refractivity contribution in [2.24, 2.45) is 7.05 Å². The number of aromatic nitrogens is 2. The molecule has 1 aliphatic rings. The highest BCUT2D eigenvalue weighted by molar-refractivity contribution is 5.94. The molecule has 0 fully saturated rings. The van der Waals surface area contributed by atoms with Crippen LogP contribution < -0.4 is 0 Å². The van der Waals surface area contributed by atoms with E-state index < -0.39 is 0 Å². The van der Waals surface area contributed by atoms with Crippen molar-refractivity contribution < 1.29 is 4.79 Å². The topological polar surface area (TPSA) is 61.9 Å².